The van der Waals surface area contributed by atoms with Crippen molar-refractivity contribution in [3.05, 3.63) is 23.2 Å². The van der Waals surface area contributed by atoms with Crippen LogP contribution in [-0.2, 0) is 4.74 Å². The lowest BCUT2D eigenvalue weighted by molar-refractivity contribution is 0.196. The molecule has 0 aromatic heterocycles. The number of nitrogens with two attached hydrogens (primary N) is 1. The minimum Gasteiger partial charge on any atom is -0.399 e. The molecule has 0 fully saturated rings. The van der Waals surface area contributed by atoms with Gasteiger partial charge in [-0.05, 0) is 24.6 Å². The first-order valence-corrected chi connectivity index (χ1v) is 5.28. The topological polar surface area (TPSA) is 38.5 Å². The molecular weight excluding hydrogens is 212 g/mol. The zero-order chi connectivity index (χ0) is 11.3. The van der Waals surface area contributed by atoms with Crippen molar-refractivity contribution in [1.82, 2.24) is 0 Å². The van der Waals surface area contributed by atoms with E-state index in [4.69, 9.17) is 22.1 Å². The van der Waals surface area contributed by atoms with Crippen molar-refractivity contribution in [3.63, 3.8) is 0 Å². The van der Waals surface area contributed by atoms with E-state index in [0.29, 0.717) is 10.7 Å². The fourth-order valence-electron chi connectivity index (χ4n) is 1.40. The highest BCUT2D eigenvalue weighted by Crippen LogP contribution is 2.26. The molecule has 4 heteroatoms. The molecule has 0 atom stereocenters. The van der Waals surface area contributed by atoms with Crippen LogP contribution >= 0.6 is 11.6 Å². The predicted molar refractivity (Wildman–Crippen MR) is 65.6 cm³/mol. The lowest BCUT2D eigenvalue weighted by Gasteiger charge is -2.20. The Morgan fingerprint density at radius 2 is 2.20 bits per heavy atom. The minimum atomic E-state index is 0.689. The summed E-state index contributed by atoms with van der Waals surface area (Å²) in [6.45, 7) is 1.68. The van der Waals surface area contributed by atoms with E-state index in [1.54, 1.807) is 13.2 Å². The summed E-state index contributed by atoms with van der Waals surface area (Å²) in [6.07, 6.45) is 0.980. The number of anilines is 2. The van der Waals surface area contributed by atoms with E-state index in [2.05, 4.69) is 4.90 Å². The van der Waals surface area contributed by atoms with Crippen molar-refractivity contribution >= 4 is 23.0 Å². The van der Waals surface area contributed by atoms with Gasteiger partial charge in [0.1, 0.15) is 0 Å². The maximum atomic E-state index is 6.08. The Hall–Kier alpha value is -0.930. The fraction of sp³-hybridized carbons (Fsp3) is 0.455. The molecule has 0 amide bonds. The van der Waals surface area contributed by atoms with Gasteiger partial charge in [-0.25, -0.2) is 0 Å². The molecule has 3 nitrogen and oxygen atoms in total. The van der Waals surface area contributed by atoms with E-state index in [1.807, 2.05) is 19.2 Å². The van der Waals surface area contributed by atoms with Crippen LogP contribution in [0.15, 0.2) is 18.2 Å². The third-order valence-electron chi connectivity index (χ3n) is 2.22. The van der Waals surface area contributed by atoms with Crippen LogP contribution in [-0.4, -0.2) is 27.3 Å². The highest BCUT2D eigenvalue weighted by molar-refractivity contribution is 6.33. The molecule has 2 N–H and O–H groups in total. The van der Waals surface area contributed by atoms with Crippen molar-refractivity contribution in [2.24, 2.45) is 0 Å². The number of nitrogen functional groups attached to an aromatic ring is 1. The molecule has 0 aliphatic carbocycles. The Morgan fingerprint density at radius 1 is 1.47 bits per heavy atom. The summed E-state index contributed by atoms with van der Waals surface area (Å²) in [7, 11) is 3.71. The van der Waals surface area contributed by atoms with Gasteiger partial charge >= 0.3 is 0 Å². The predicted octanol–water partition coefficient (Wildman–Crippen LogP) is 2.39. The third-order valence-corrected chi connectivity index (χ3v) is 2.53. The van der Waals surface area contributed by atoms with Crippen molar-refractivity contribution in [2.45, 2.75) is 6.42 Å². The number of hydrogen-bond acceptors (Lipinski definition) is 3. The lowest BCUT2D eigenvalue weighted by atomic mass is 10.2. The summed E-state index contributed by atoms with van der Waals surface area (Å²) in [5.74, 6) is 0. The van der Waals surface area contributed by atoms with Gasteiger partial charge in [0, 0.05) is 33.0 Å². The van der Waals surface area contributed by atoms with Crippen molar-refractivity contribution in [1.29, 1.82) is 0 Å². The van der Waals surface area contributed by atoms with Gasteiger partial charge in [0.2, 0.25) is 0 Å². The number of rotatable bonds is 5. The highest BCUT2D eigenvalue weighted by Gasteiger charge is 2.05. The largest absolute Gasteiger partial charge is 0.399 e. The molecular formula is C11H17ClN2O. The van der Waals surface area contributed by atoms with Crippen molar-refractivity contribution < 1.29 is 4.74 Å². The number of benzene rings is 1. The maximum absolute atomic E-state index is 6.08. The minimum absolute atomic E-state index is 0.689. The standard InChI is InChI=1S/C11H17ClN2O/c1-14(6-3-7-15-2)11-5-4-9(13)8-10(11)12/h4-5,8H,3,6-7,13H2,1-2H3. The van der Waals surface area contributed by atoms with Crippen LogP contribution < -0.4 is 10.6 Å². The van der Waals surface area contributed by atoms with E-state index < -0.39 is 0 Å². The second-order valence-corrected chi connectivity index (χ2v) is 3.89. The molecule has 84 valence electrons. The van der Waals surface area contributed by atoms with E-state index in [1.165, 1.54) is 0 Å². The Kier molecular flexibility index (Phi) is 4.72. The van der Waals surface area contributed by atoms with Gasteiger partial charge in [0.25, 0.3) is 0 Å². The summed E-state index contributed by atoms with van der Waals surface area (Å²) in [5.41, 5.74) is 7.32. The number of ether oxygens (including phenoxy) is 1. The Labute approximate surface area is 95.8 Å². The van der Waals surface area contributed by atoms with E-state index >= 15 is 0 Å². The first kappa shape index (κ1) is 12.1. The van der Waals surface area contributed by atoms with Crippen LogP contribution in [0.25, 0.3) is 0 Å². The first-order chi connectivity index (χ1) is 7.15. The smallest absolute Gasteiger partial charge is 0.0659 e. The van der Waals surface area contributed by atoms with E-state index in [-0.39, 0.29) is 0 Å². The third kappa shape index (κ3) is 3.61. The zero-order valence-corrected chi connectivity index (χ0v) is 9.92. The van der Waals surface area contributed by atoms with Crippen LogP contribution in [0, 0.1) is 0 Å². The molecule has 0 aliphatic heterocycles. The second kappa shape index (κ2) is 5.83. The monoisotopic (exact) mass is 228 g/mol. The van der Waals surface area contributed by atoms with Crippen LogP contribution in [0.4, 0.5) is 11.4 Å². The molecule has 0 bridgehead atoms. The molecule has 0 saturated carbocycles. The van der Waals surface area contributed by atoms with Crippen LogP contribution in [0.1, 0.15) is 6.42 Å². The maximum Gasteiger partial charge on any atom is 0.0659 e. The number of methoxy groups -OCH3 is 1. The van der Waals surface area contributed by atoms with Crippen LogP contribution in [0.3, 0.4) is 0 Å². The van der Waals surface area contributed by atoms with Gasteiger partial charge in [0.15, 0.2) is 0 Å². The second-order valence-electron chi connectivity index (χ2n) is 3.48. The van der Waals surface area contributed by atoms with Crippen molar-refractivity contribution in [3.8, 4) is 0 Å². The fourth-order valence-corrected chi connectivity index (χ4v) is 1.73. The first-order valence-electron chi connectivity index (χ1n) is 4.90. The molecule has 0 aliphatic rings. The molecule has 0 radical (unpaired) electrons. The SMILES string of the molecule is COCCCN(C)c1ccc(N)cc1Cl. The quantitative estimate of drug-likeness (QED) is 0.621. The van der Waals surface area contributed by atoms with Crippen LogP contribution in [0.5, 0.6) is 0 Å². The summed E-state index contributed by atoms with van der Waals surface area (Å²) >= 11 is 6.08. The van der Waals surface area contributed by atoms with Gasteiger partial charge < -0.3 is 15.4 Å². The molecule has 0 saturated heterocycles. The Morgan fingerprint density at radius 3 is 2.80 bits per heavy atom. The zero-order valence-electron chi connectivity index (χ0n) is 9.16. The van der Waals surface area contributed by atoms with Crippen molar-refractivity contribution in [2.75, 3.05) is 37.9 Å². The van der Waals surface area contributed by atoms with Crippen LogP contribution in [0.2, 0.25) is 5.02 Å². The molecule has 1 aromatic rings. The van der Waals surface area contributed by atoms with Gasteiger partial charge in [-0.1, -0.05) is 11.6 Å². The number of nitrogens with zero attached hydrogens (tertiary/aromatic N) is 1. The Bertz CT molecular complexity index is 317. The summed E-state index contributed by atoms with van der Waals surface area (Å²) in [5, 5.41) is 0.690. The molecule has 0 unspecified atom stereocenters. The Balaban J connectivity index is 2.61. The van der Waals surface area contributed by atoms with Gasteiger partial charge in [0.05, 0.1) is 10.7 Å². The van der Waals surface area contributed by atoms with Gasteiger partial charge in [-0.2, -0.15) is 0 Å². The normalized spacial score (nSPS) is 10.3. The summed E-state index contributed by atoms with van der Waals surface area (Å²) < 4.78 is 5.00. The van der Waals surface area contributed by atoms with E-state index in [0.717, 1.165) is 25.3 Å². The lowest BCUT2D eigenvalue weighted by Crippen LogP contribution is -2.20. The molecule has 0 spiro atoms. The van der Waals surface area contributed by atoms with Gasteiger partial charge in [-0.3, -0.25) is 0 Å². The molecule has 0 heterocycles. The average molecular weight is 229 g/mol. The molecule has 15 heavy (non-hydrogen) atoms. The summed E-state index contributed by atoms with van der Waals surface area (Å²) in [4.78, 5) is 2.10. The van der Waals surface area contributed by atoms with Gasteiger partial charge in [-0.15, -0.1) is 0 Å². The number of hydrogen-bond donors (Lipinski definition) is 1. The average Bonchev–Trinajstić information content (AvgIpc) is 2.17. The number of halogens is 1. The summed E-state index contributed by atoms with van der Waals surface area (Å²) in [6, 6.07) is 5.56. The highest BCUT2D eigenvalue weighted by atomic mass is 35.5. The van der Waals surface area contributed by atoms with E-state index in [9.17, 15) is 0 Å². The molecule has 1 aromatic carbocycles. The molecule has 1 rings (SSSR count).